The number of unbranched alkanes of at least 4 members (excludes halogenated alkanes) is 16. The molecular formula is C46H88N2O8S2. The Bertz CT molecular complexity index is 939. The average Bonchev–Trinajstić information content (AvgIpc) is 3.21. The smallest absolute Gasteiger partial charge is 0.410 e. The van der Waals surface area contributed by atoms with Crippen molar-refractivity contribution in [3.05, 3.63) is 0 Å². The van der Waals surface area contributed by atoms with Gasteiger partial charge in [-0.2, -0.15) is 0 Å². The van der Waals surface area contributed by atoms with Crippen molar-refractivity contribution in [3.63, 3.8) is 0 Å². The Kier molecular flexibility index (Phi) is 40.8. The Balaban J connectivity index is 5.27. The van der Waals surface area contributed by atoms with E-state index in [1.807, 2.05) is 19.0 Å². The number of amides is 1. The Labute approximate surface area is 363 Å². The van der Waals surface area contributed by atoms with E-state index in [9.17, 15) is 19.2 Å². The first-order valence-corrected chi connectivity index (χ1v) is 26.0. The van der Waals surface area contributed by atoms with Crippen molar-refractivity contribution in [2.24, 2.45) is 11.8 Å². The van der Waals surface area contributed by atoms with Gasteiger partial charge in [-0.15, -0.1) is 0 Å². The summed E-state index contributed by atoms with van der Waals surface area (Å²) < 4.78 is 22.6. The first-order chi connectivity index (χ1) is 28.2. The van der Waals surface area contributed by atoms with E-state index >= 15 is 0 Å². The van der Waals surface area contributed by atoms with Crippen LogP contribution in [0, 0.1) is 11.8 Å². The highest BCUT2D eigenvalue weighted by Crippen LogP contribution is 2.23. The summed E-state index contributed by atoms with van der Waals surface area (Å²) in [4.78, 5) is 55.3. The van der Waals surface area contributed by atoms with Crippen LogP contribution in [0.2, 0.25) is 0 Å². The summed E-state index contributed by atoms with van der Waals surface area (Å²) in [6.07, 6.45) is 26.3. The molecule has 342 valence electrons. The molecule has 0 aliphatic rings. The maximum atomic E-state index is 13.3. The summed E-state index contributed by atoms with van der Waals surface area (Å²) in [6.45, 7) is 10.5. The fourth-order valence-corrected chi connectivity index (χ4v) is 8.38. The summed E-state index contributed by atoms with van der Waals surface area (Å²) in [5.41, 5.74) is 0. The van der Waals surface area contributed by atoms with Crippen LogP contribution in [0.3, 0.4) is 0 Å². The molecule has 0 saturated heterocycles. The third kappa shape index (κ3) is 35.1. The van der Waals surface area contributed by atoms with Crippen molar-refractivity contribution in [1.82, 2.24) is 9.80 Å². The molecule has 0 aromatic rings. The van der Waals surface area contributed by atoms with Crippen molar-refractivity contribution in [1.29, 1.82) is 0 Å². The number of hydrogen-bond donors (Lipinski definition) is 0. The Morgan fingerprint density at radius 3 is 1.21 bits per heavy atom. The predicted octanol–water partition coefficient (Wildman–Crippen LogP) is 12.1. The molecule has 0 bridgehead atoms. The summed E-state index contributed by atoms with van der Waals surface area (Å²) in [5, 5.41) is 0. The minimum absolute atomic E-state index is 0.0692. The maximum Gasteiger partial charge on any atom is 0.410 e. The largest absolute Gasteiger partial charge is 0.465 e. The fraction of sp³-hybridized carbons (Fsp3) is 0.913. The molecule has 0 rings (SSSR count). The lowest BCUT2D eigenvalue weighted by atomic mass is 9.94. The monoisotopic (exact) mass is 861 g/mol. The van der Waals surface area contributed by atoms with Crippen molar-refractivity contribution in [2.75, 3.05) is 71.7 Å². The third-order valence-electron chi connectivity index (χ3n) is 10.4. The summed E-state index contributed by atoms with van der Waals surface area (Å²) >= 11 is 0. The van der Waals surface area contributed by atoms with Gasteiger partial charge in [0.1, 0.15) is 26.4 Å². The first kappa shape index (κ1) is 56.3. The van der Waals surface area contributed by atoms with Gasteiger partial charge in [-0.05, 0) is 39.8 Å². The van der Waals surface area contributed by atoms with Gasteiger partial charge in [0.05, 0.1) is 31.3 Å². The zero-order valence-corrected chi connectivity index (χ0v) is 39.8. The molecule has 1 amide bonds. The van der Waals surface area contributed by atoms with Gasteiger partial charge >= 0.3 is 24.0 Å². The van der Waals surface area contributed by atoms with E-state index in [0.29, 0.717) is 31.1 Å². The minimum atomic E-state index is -0.515. The second-order valence-corrected chi connectivity index (χ2v) is 18.8. The van der Waals surface area contributed by atoms with Crippen LogP contribution in [0.15, 0.2) is 0 Å². The average molecular weight is 861 g/mol. The van der Waals surface area contributed by atoms with Gasteiger partial charge in [-0.25, -0.2) is 4.79 Å². The van der Waals surface area contributed by atoms with Crippen LogP contribution < -0.4 is 0 Å². The van der Waals surface area contributed by atoms with E-state index in [1.54, 1.807) is 21.6 Å². The molecule has 0 saturated carbocycles. The molecule has 0 N–H and O–H groups in total. The van der Waals surface area contributed by atoms with Crippen LogP contribution in [0.1, 0.15) is 188 Å². The molecule has 0 aliphatic carbocycles. The number of rotatable bonds is 42. The predicted molar refractivity (Wildman–Crippen MR) is 244 cm³/mol. The van der Waals surface area contributed by atoms with Gasteiger partial charge in [0, 0.05) is 18.1 Å². The molecule has 0 spiro atoms. The zero-order chi connectivity index (χ0) is 42.9. The summed E-state index contributed by atoms with van der Waals surface area (Å²) in [6, 6.07) is 0. The lowest BCUT2D eigenvalue weighted by molar-refractivity contribution is -0.150. The first-order valence-electron chi connectivity index (χ1n) is 23.5. The van der Waals surface area contributed by atoms with Crippen molar-refractivity contribution in [2.45, 2.75) is 188 Å². The fourth-order valence-electron chi connectivity index (χ4n) is 6.73. The molecule has 2 unspecified atom stereocenters. The number of esters is 3. The maximum absolute atomic E-state index is 13.3. The summed E-state index contributed by atoms with van der Waals surface area (Å²) in [5.74, 6) is 0.406. The Hall–Kier alpha value is -1.66. The van der Waals surface area contributed by atoms with E-state index < -0.39 is 6.09 Å². The third-order valence-corrected chi connectivity index (χ3v) is 12.8. The second kappa shape index (κ2) is 42.0. The minimum Gasteiger partial charge on any atom is -0.465 e. The number of nitrogens with zero attached hydrogens (tertiary/aromatic N) is 2. The van der Waals surface area contributed by atoms with Gasteiger partial charge in [0.15, 0.2) is 0 Å². The van der Waals surface area contributed by atoms with Crippen LogP contribution in [-0.2, 0) is 33.3 Å². The summed E-state index contributed by atoms with van der Waals surface area (Å²) in [7, 11) is 6.96. The molecular weight excluding hydrogens is 773 g/mol. The van der Waals surface area contributed by atoms with Crippen molar-refractivity contribution in [3.8, 4) is 0 Å². The highest BCUT2D eigenvalue weighted by Gasteiger charge is 2.23. The zero-order valence-electron chi connectivity index (χ0n) is 38.2. The Morgan fingerprint density at radius 2 is 0.810 bits per heavy atom. The molecule has 0 aromatic heterocycles. The molecule has 0 heterocycles. The Morgan fingerprint density at radius 1 is 0.448 bits per heavy atom. The van der Waals surface area contributed by atoms with Crippen molar-refractivity contribution >= 4 is 45.6 Å². The van der Waals surface area contributed by atoms with Gasteiger partial charge in [0.25, 0.3) is 0 Å². The molecule has 0 radical (unpaired) electrons. The van der Waals surface area contributed by atoms with Gasteiger partial charge in [-0.1, -0.05) is 178 Å². The molecule has 0 aromatic carbocycles. The molecule has 0 fully saturated rings. The van der Waals surface area contributed by atoms with Gasteiger partial charge in [0.2, 0.25) is 0 Å². The molecule has 0 aliphatic heterocycles. The van der Waals surface area contributed by atoms with Crippen molar-refractivity contribution < 1.29 is 38.1 Å². The highest BCUT2D eigenvalue weighted by atomic mass is 33.1. The number of ether oxygens (including phenoxy) is 4. The number of carbonyl (C=O) groups is 4. The van der Waals surface area contributed by atoms with Crippen LogP contribution >= 0.6 is 21.6 Å². The topological polar surface area (TPSA) is 112 Å². The van der Waals surface area contributed by atoms with E-state index in [4.69, 9.17) is 18.9 Å². The van der Waals surface area contributed by atoms with Crippen LogP contribution in [-0.4, -0.2) is 105 Å². The lowest BCUT2D eigenvalue weighted by Crippen LogP contribution is -2.38. The standard InChI is InChI=1S/C46H88N2O8S2/c1-7-11-15-19-21-25-29-41(27-23-17-13-9-3)44(50)54-35-33-48(46(52)56-38-40-58-57-39-37-53-43(49)31-32-47(5)6)34-36-55-45(51)42(28-24-18-14-10-4)30-26-22-20-16-12-8-2/h41-42H,7-40H2,1-6H3. The highest BCUT2D eigenvalue weighted by molar-refractivity contribution is 8.76. The molecule has 2 atom stereocenters. The van der Waals surface area contributed by atoms with E-state index in [-0.39, 0.29) is 62.7 Å². The van der Waals surface area contributed by atoms with Gasteiger partial charge < -0.3 is 28.7 Å². The van der Waals surface area contributed by atoms with E-state index in [0.717, 1.165) is 89.9 Å². The molecule has 58 heavy (non-hydrogen) atoms. The van der Waals surface area contributed by atoms with E-state index in [2.05, 4.69) is 27.7 Å². The van der Waals surface area contributed by atoms with Crippen LogP contribution in [0.25, 0.3) is 0 Å². The molecule has 10 nitrogen and oxygen atoms in total. The van der Waals surface area contributed by atoms with Crippen LogP contribution in [0.4, 0.5) is 4.79 Å². The SMILES string of the molecule is CCCCCCCCC(CCCCCC)C(=O)OCCN(CCOC(=O)C(CCCCCC)CCCCCCCC)C(=O)OCCSSCCOC(=O)CCN(C)C. The van der Waals surface area contributed by atoms with Gasteiger partial charge in [-0.3, -0.25) is 14.4 Å². The second-order valence-electron chi connectivity index (χ2n) is 16.1. The lowest BCUT2D eigenvalue weighted by Gasteiger charge is -2.23. The van der Waals surface area contributed by atoms with E-state index in [1.165, 1.54) is 69.1 Å². The molecule has 12 heteroatoms. The normalized spacial score (nSPS) is 12.3. The number of carbonyl (C=O) groups excluding carboxylic acids is 4. The number of hydrogen-bond acceptors (Lipinski definition) is 11. The van der Waals surface area contributed by atoms with Crippen LogP contribution in [0.5, 0.6) is 0 Å². The quantitative estimate of drug-likeness (QED) is 0.0253.